The van der Waals surface area contributed by atoms with Gasteiger partial charge in [-0.3, -0.25) is 19.6 Å². The van der Waals surface area contributed by atoms with Crippen molar-refractivity contribution < 1.29 is 9.59 Å². The Labute approximate surface area is 150 Å². The highest BCUT2D eigenvalue weighted by atomic mass is 16.2. The maximum absolute atomic E-state index is 12.7. The molecule has 0 spiro atoms. The molecule has 6 heteroatoms. The monoisotopic (exact) mass is 346 g/mol. The molecule has 0 bridgehead atoms. The lowest BCUT2D eigenvalue weighted by molar-refractivity contribution is -0.128. The summed E-state index contributed by atoms with van der Waals surface area (Å²) >= 11 is 0. The zero-order chi connectivity index (χ0) is 17.9. The third-order valence-corrected chi connectivity index (χ3v) is 4.55. The number of benzene rings is 1. The quantitative estimate of drug-likeness (QED) is 0.788. The van der Waals surface area contributed by atoms with Crippen LogP contribution in [0.1, 0.15) is 12.1 Å². The van der Waals surface area contributed by atoms with E-state index in [1.807, 2.05) is 48.5 Å². The molecular formula is C20H18N4O2. The number of amides is 2. The molecular weight excluding hydrogens is 328 g/mol. The Morgan fingerprint density at radius 3 is 2.77 bits per heavy atom. The molecule has 2 amide bonds. The predicted octanol–water partition coefficient (Wildman–Crippen LogP) is 2.62. The Bertz CT molecular complexity index is 953. The largest absolute Gasteiger partial charge is 0.336 e. The second-order valence-corrected chi connectivity index (χ2v) is 6.37. The zero-order valence-corrected chi connectivity index (χ0v) is 14.1. The van der Waals surface area contributed by atoms with E-state index >= 15 is 0 Å². The van der Waals surface area contributed by atoms with Gasteiger partial charge in [0, 0.05) is 30.7 Å². The van der Waals surface area contributed by atoms with Gasteiger partial charge in [-0.05, 0) is 24.3 Å². The number of nitrogens with one attached hydrogen (secondary N) is 1. The van der Waals surface area contributed by atoms with Gasteiger partial charge < -0.3 is 10.2 Å². The number of carbonyl (C=O) groups is 2. The molecule has 1 aliphatic rings. The molecule has 26 heavy (non-hydrogen) atoms. The summed E-state index contributed by atoms with van der Waals surface area (Å²) in [4.78, 5) is 35.2. The number of pyridine rings is 2. The third kappa shape index (κ3) is 3.26. The smallest absolute Gasteiger partial charge is 0.229 e. The molecule has 3 heterocycles. The van der Waals surface area contributed by atoms with Crippen LogP contribution in [0.3, 0.4) is 0 Å². The molecule has 1 aromatic carbocycles. The molecule has 0 aliphatic carbocycles. The maximum atomic E-state index is 12.7. The molecule has 0 radical (unpaired) electrons. The predicted molar refractivity (Wildman–Crippen MR) is 98.1 cm³/mol. The number of hydrogen-bond donors (Lipinski definition) is 1. The van der Waals surface area contributed by atoms with E-state index in [0.717, 1.165) is 16.6 Å². The van der Waals surface area contributed by atoms with E-state index in [2.05, 4.69) is 15.3 Å². The molecule has 1 atom stereocenters. The summed E-state index contributed by atoms with van der Waals surface area (Å²) in [6.07, 6.45) is 3.62. The molecule has 0 saturated carbocycles. The topological polar surface area (TPSA) is 75.2 Å². The van der Waals surface area contributed by atoms with Crippen molar-refractivity contribution in [3.8, 4) is 0 Å². The lowest BCUT2D eigenvalue weighted by Crippen LogP contribution is -2.28. The Hall–Kier alpha value is -3.28. The first-order chi connectivity index (χ1) is 12.7. The minimum absolute atomic E-state index is 0.0214. The van der Waals surface area contributed by atoms with Gasteiger partial charge in [-0.2, -0.15) is 0 Å². The molecule has 130 valence electrons. The summed E-state index contributed by atoms with van der Waals surface area (Å²) in [6.45, 7) is 0.832. The van der Waals surface area contributed by atoms with Crippen molar-refractivity contribution in [3.63, 3.8) is 0 Å². The van der Waals surface area contributed by atoms with Gasteiger partial charge in [0.1, 0.15) is 0 Å². The van der Waals surface area contributed by atoms with Crippen molar-refractivity contribution in [2.75, 3.05) is 11.9 Å². The lowest BCUT2D eigenvalue weighted by atomic mass is 10.1. The van der Waals surface area contributed by atoms with Crippen molar-refractivity contribution in [1.29, 1.82) is 0 Å². The van der Waals surface area contributed by atoms with E-state index < -0.39 is 0 Å². The van der Waals surface area contributed by atoms with Crippen LogP contribution < -0.4 is 5.32 Å². The number of hydrogen-bond acceptors (Lipinski definition) is 4. The average Bonchev–Trinajstić information content (AvgIpc) is 3.03. The maximum Gasteiger partial charge on any atom is 0.229 e. The van der Waals surface area contributed by atoms with Gasteiger partial charge in [0.05, 0.1) is 29.4 Å². The normalized spacial score (nSPS) is 16.8. The summed E-state index contributed by atoms with van der Waals surface area (Å²) in [5, 5.41) is 3.90. The van der Waals surface area contributed by atoms with Gasteiger partial charge in [0.15, 0.2) is 0 Å². The van der Waals surface area contributed by atoms with E-state index in [1.54, 1.807) is 17.3 Å². The van der Waals surface area contributed by atoms with Crippen molar-refractivity contribution >= 4 is 28.4 Å². The van der Waals surface area contributed by atoms with Crippen LogP contribution in [0.2, 0.25) is 0 Å². The number of carbonyl (C=O) groups excluding carboxylic acids is 2. The van der Waals surface area contributed by atoms with E-state index in [0.29, 0.717) is 18.8 Å². The third-order valence-electron chi connectivity index (χ3n) is 4.55. The molecule has 1 aliphatic heterocycles. The number of aromatic nitrogens is 2. The van der Waals surface area contributed by atoms with Crippen molar-refractivity contribution in [1.82, 2.24) is 14.9 Å². The number of fused-ring (bicyclic) bond motifs is 1. The molecule has 1 saturated heterocycles. The van der Waals surface area contributed by atoms with Crippen molar-refractivity contribution in [3.05, 3.63) is 66.6 Å². The Morgan fingerprint density at radius 1 is 1.08 bits per heavy atom. The van der Waals surface area contributed by atoms with Gasteiger partial charge >= 0.3 is 0 Å². The van der Waals surface area contributed by atoms with Crippen molar-refractivity contribution in [2.45, 2.75) is 13.0 Å². The van der Waals surface area contributed by atoms with E-state index in [9.17, 15) is 9.59 Å². The molecule has 3 aromatic rings. The van der Waals surface area contributed by atoms with Crippen LogP contribution in [0, 0.1) is 5.92 Å². The molecule has 0 unspecified atom stereocenters. The van der Waals surface area contributed by atoms with Gasteiger partial charge in [-0.15, -0.1) is 0 Å². The van der Waals surface area contributed by atoms with Crippen LogP contribution in [0.5, 0.6) is 0 Å². The Morgan fingerprint density at radius 2 is 1.92 bits per heavy atom. The Balaban J connectivity index is 1.46. The number of rotatable bonds is 4. The minimum atomic E-state index is -0.370. The first-order valence-electron chi connectivity index (χ1n) is 8.53. The highest BCUT2D eigenvalue weighted by molar-refractivity contribution is 6.02. The number of anilines is 1. The average molecular weight is 346 g/mol. The first-order valence-corrected chi connectivity index (χ1v) is 8.53. The second kappa shape index (κ2) is 6.92. The lowest BCUT2D eigenvalue weighted by Gasteiger charge is -2.16. The van der Waals surface area contributed by atoms with E-state index in [-0.39, 0.29) is 24.2 Å². The highest BCUT2D eigenvalue weighted by Crippen LogP contribution is 2.24. The number of likely N-dealkylation sites (tertiary alicyclic amines) is 1. The van der Waals surface area contributed by atoms with Gasteiger partial charge in [-0.1, -0.05) is 24.3 Å². The van der Waals surface area contributed by atoms with Crippen molar-refractivity contribution in [2.24, 2.45) is 5.92 Å². The van der Waals surface area contributed by atoms with Crippen LogP contribution in [0.15, 0.2) is 60.9 Å². The fourth-order valence-electron chi connectivity index (χ4n) is 3.23. The first kappa shape index (κ1) is 16.2. The van der Waals surface area contributed by atoms with Crippen LogP contribution >= 0.6 is 0 Å². The minimum Gasteiger partial charge on any atom is -0.336 e. The van der Waals surface area contributed by atoms with Crippen LogP contribution in [0.4, 0.5) is 5.69 Å². The molecule has 4 rings (SSSR count). The summed E-state index contributed by atoms with van der Waals surface area (Å²) in [5.41, 5.74) is 2.24. The fourth-order valence-corrected chi connectivity index (χ4v) is 3.23. The number of nitrogens with zero attached hydrogens (tertiary/aromatic N) is 3. The number of para-hydroxylation sites is 1. The summed E-state index contributed by atoms with van der Waals surface area (Å²) < 4.78 is 0. The van der Waals surface area contributed by atoms with Gasteiger partial charge in [-0.25, -0.2) is 0 Å². The van der Waals surface area contributed by atoms with Gasteiger partial charge in [0.2, 0.25) is 11.8 Å². The Kier molecular flexibility index (Phi) is 4.31. The van der Waals surface area contributed by atoms with Gasteiger partial charge in [0.25, 0.3) is 0 Å². The summed E-state index contributed by atoms with van der Waals surface area (Å²) in [7, 11) is 0. The zero-order valence-electron chi connectivity index (χ0n) is 14.1. The highest BCUT2D eigenvalue weighted by Gasteiger charge is 2.34. The summed E-state index contributed by atoms with van der Waals surface area (Å²) in [5.74, 6) is -0.544. The fraction of sp³-hybridized carbons (Fsp3) is 0.200. The van der Waals surface area contributed by atoms with Crippen LogP contribution in [-0.4, -0.2) is 33.2 Å². The van der Waals surface area contributed by atoms with Crippen LogP contribution in [0.25, 0.3) is 10.9 Å². The SMILES string of the molecule is O=C(Nc1cccc2cccnc12)[C@H]1CC(=O)N(Cc2ccccn2)C1. The summed E-state index contributed by atoms with van der Waals surface area (Å²) in [6, 6.07) is 15.1. The molecule has 6 nitrogen and oxygen atoms in total. The standard InChI is InChI=1S/C20H18N4O2/c25-18-11-15(12-24(18)13-16-7-1-2-9-21-16)20(26)23-17-8-3-5-14-6-4-10-22-19(14)17/h1-10,15H,11-13H2,(H,23,26)/t15-/m0/s1. The van der Waals surface area contributed by atoms with Crippen LogP contribution in [-0.2, 0) is 16.1 Å². The molecule has 1 N–H and O–H groups in total. The van der Waals surface area contributed by atoms with E-state index in [4.69, 9.17) is 0 Å². The van der Waals surface area contributed by atoms with E-state index in [1.165, 1.54) is 0 Å². The molecule has 1 fully saturated rings. The second-order valence-electron chi connectivity index (χ2n) is 6.37. The molecule has 2 aromatic heterocycles.